The standard InChI is InChI=1S/C15H21FN4O6/c1-18-4-2-12(21)25-8-13(22)24-7-9-6-10(16)14(26-9)20-5-3-11(17)19-15(20)23/h3,5,9-10,14,18H,2,4,6-8H2,1H3,(H2,17,19,23)/t9?,10?,14-/m1/s1. The molecular weight excluding hydrogens is 351 g/mol. The molecule has 0 bridgehead atoms. The molecule has 0 aliphatic carbocycles. The number of alkyl halides is 1. The first-order chi connectivity index (χ1) is 12.4. The Morgan fingerprint density at radius 1 is 1.46 bits per heavy atom. The van der Waals surface area contributed by atoms with Gasteiger partial charge in [-0.05, 0) is 13.1 Å². The van der Waals surface area contributed by atoms with Crippen LogP contribution in [0.5, 0.6) is 0 Å². The average molecular weight is 372 g/mol. The lowest BCUT2D eigenvalue weighted by molar-refractivity contribution is -0.161. The van der Waals surface area contributed by atoms with Crippen molar-refractivity contribution in [2.45, 2.75) is 31.3 Å². The van der Waals surface area contributed by atoms with Crippen molar-refractivity contribution in [3.63, 3.8) is 0 Å². The zero-order valence-corrected chi connectivity index (χ0v) is 14.2. The number of anilines is 1. The van der Waals surface area contributed by atoms with Crippen molar-refractivity contribution >= 4 is 17.8 Å². The Morgan fingerprint density at radius 2 is 2.23 bits per heavy atom. The Labute approximate surface area is 148 Å². The summed E-state index contributed by atoms with van der Waals surface area (Å²) in [6, 6.07) is 1.35. The van der Waals surface area contributed by atoms with Crippen LogP contribution in [0, 0.1) is 0 Å². The fourth-order valence-corrected chi connectivity index (χ4v) is 2.34. The highest BCUT2D eigenvalue weighted by atomic mass is 19.1. The molecule has 3 atom stereocenters. The molecule has 1 fully saturated rings. The summed E-state index contributed by atoms with van der Waals surface area (Å²) in [5.41, 5.74) is 4.66. The van der Waals surface area contributed by atoms with Gasteiger partial charge in [0, 0.05) is 19.2 Å². The van der Waals surface area contributed by atoms with Gasteiger partial charge in [0.15, 0.2) is 12.8 Å². The first-order valence-corrected chi connectivity index (χ1v) is 8.00. The van der Waals surface area contributed by atoms with Gasteiger partial charge in [0.25, 0.3) is 0 Å². The van der Waals surface area contributed by atoms with Crippen molar-refractivity contribution in [1.82, 2.24) is 14.9 Å². The number of nitrogens with one attached hydrogen (secondary N) is 1. The molecule has 0 spiro atoms. The number of nitrogens with two attached hydrogens (primary N) is 1. The summed E-state index contributed by atoms with van der Waals surface area (Å²) in [6.45, 7) is -0.317. The van der Waals surface area contributed by atoms with Crippen LogP contribution in [-0.4, -0.2) is 60.6 Å². The lowest BCUT2D eigenvalue weighted by Gasteiger charge is -2.16. The second-order valence-corrected chi connectivity index (χ2v) is 5.64. The van der Waals surface area contributed by atoms with E-state index in [-0.39, 0.29) is 25.3 Å². The van der Waals surface area contributed by atoms with Crippen LogP contribution in [0.25, 0.3) is 0 Å². The maximum Gasteiger partial charge on any atom is 0.351 e. The molecule has 2 rings (SSSR count). The van der Waals surface area contributed by atoms with Crippen LogP contribution in [-0.2, 0) is 23.8 Å². The van der Waals surface area contributed by atoms with Crippen LogP contribution in [0.3, 0.4) is 0 Å². The van der Waals surface area contributed by atoms with E-state index in [1.54, 1.807) is 7.05 Å². The lowest BCUT2D eigenvalue weighted by Crippen LogP contribution is -2.30. The molecule has 0 saturated carbocycles. The molecule has 3 N–H and O–H groups in total. The topological polar surface area (TPSA) is 135 Å². The van der Waals surface area contributed by atoms with E-state index >= 15 is 0 Å². The molecule has 1 aromatic heterocycles. The van der Waals surface area contributed by atoms with Gasteiger partial charge in [-0.1, -0.05) is 0 Å². The monoisotopic (exact) mass is 372 g/mol. The molecule has 26 heavy (non-hydrogen) atoms. The number of nitrogens with zero attached hydrogens (tertiary/aromatic N) is 2. The average Bonchev–Trinajstić information content (AvgIpc) is 2.97. The van der Waals surface area contributed by atoms with Crippen molar-refractivity contribution in [3.8, 4) is 0 Å². The van der Waals surface area contributed by atoms with Gasteiger partial charge < -0.3 is 25.3 Å². The molecule has 2 unspecified atom stereocenters. The van der Waals surface area contributed by atoms with Gasteiger partial charge in [-0.15, -0.1) is 0 Å². The van der Waals surface area contributed by atoms with Crippen LogP contribution < -0.4 is 16.7 Å². The number of hydrogen-bond donors (Lipinski definition) is 2. The number of aromatic nitrogens is 2. The SMILES string of the molecule is CNCCC(=O)OCC(=O)OCC1CC(F)[C@H](n2ccc(N)nc2=O)O1. The largest absolute Gasteiger partial charge is 0.460 e. The zero-order chi connectivity index (χ0) is 19.1. The number of halogens is 1. The highest BCUT2D eigenvalue weighted by molar-refractivity contribution is 5.76. The summed E-state index contributed by atoms with van der Waals surface area (Å²) in [7, 11) is 1.68. The van der Waals surface area contributed by atoms with Crippen LogP contribution >= 0.6 is 0 Å². The molecule has 1 aromatic rings. The van der Waals surface area contributed by atoms with Crippen molar-refractivity contribution in [2.24, 2.45) is 0 Å². The number of ether oxygens (including phenoxy) is 3. The fourth-order valence-electron chi connectivity index (χ4n) is 2.34. The zero-order valence-electron chi connectivity index (χ0n) is 14.2. The third-order valence-corrected chi connectivity index (χ3v) is 3.62. The molecule has 0 aromatic carbocycles. The van der Waals surface area contributed by atoms with Crippen molar-refractivity contribution in [1.29, 1.82) is 0 Å². The molecule has 144 valence electrons. The van der Waals surface area contributed by atoms with Crippen LogP contribution in [0.1, 0.15) is 19.1 Å². The molecule has 11 heteroatoms. The van der Waals surface area contributed by atoms with Gasteiger partial charge in [-0.25, -0.2) is 14.0 Å². The van der Waals surface area contributed by atoms with E-state index in [0.29, 0.717) is 6.54 Å². The molecule has 1 aliphatic rings. The van der Waals surface area contributed by atoms with Crippen molar-refractivity contribution in [3.05, 3.63) is 22.7 Å². The van der Waals surface area contributed by atoms with E-state index in [1.165, 1.54) is 12.3 Å². The summed E-state index contributed by atoms with van der Waals surface area (Å²) in [5, 5.41) is 2.77. The first-order valence-electron chi connectivity index (χ1n) is 8.00. The fraction of sp³-hybridized carbons (Fsp3) is 0.600. The third-order valence-electron chi connectivity index (χ3n) is 3.62. The van der Waals surface area contributed by atoms with E-state index in [4.69, 9.17) is 19.9 Å². The molecule has 1 aliphatic heterocycles. The van der Waals surface area contributed by atoms with E-state index in [2.05, 4.69) is 10.3 Å². The highest BCUT2D eigenvalue weighted by Crippen LogP contribution is 2.30. The summed E-state index contributed by atoms with van der Waals surface area (Å²) in [5.74, 6) is -1.28. The second-order valence-electron chi connectivity index (χ2n) is 5.64. The Morgan fingerprint density at radius 3 is 2.92 bits per heavy atom. The van der Waals surface area contributed by atoms with Crippen LogP contribution in [0.2, 0.25) is 0 Å². The van der Waals surface area contributed by atoms with E-state index in [9.17, 15) is 18.8 Å². The van der Waals surface area contributed by atoms with Crippen LogP contribution in [0.15, 0.2) is 17.1 Å². The predicted octanol–water partition coefficient (Wildman–Crippen LogP) is -0.853. The predicted molar refractivity (Wildman–Crippen MR) is 86.8 cm³/mol. The number of carbonyl (C=O) groups excluding carboxylic acids is 2. The Kier molecular flexibility index (Phi) is 7.04. The molecule has 10 nitrogen and oxygen atoms in total. The molecule has 2 heterocycles. The van der Waals surface area contributed by atoms with Crippen LogP contribution in [0.4, 0.5) is 10.2 Å². The minimum atomic E-state index is -1.47. The van der Waals surface area contributed by atoms with Gasteiger partial charge in [-0.3, -0.25) is 9.36 Å². The minimum Gasteiger partial charge on any atom is -0.460 e. The first kappa shape index (κ1) is 19.8. The summed E-state index contributed by atoms with van der Waals surface area (Å²) < 4.78 is 30.2. The molecule has 1 saturated heterocycles. The maximum atomic E-state index is 14.1. The maximum absolute atomic E-state index is 14.1. The Hall–Kier alpha value is -2.53. The lowest BCUT2D eigenvalue weighted by atomic mass is 10.2. The summed E-state index contributed by atoms with van der Waals surface area (Å²) in [4.78, 5) is 38.1. The number of nitrogen functional groups attached to an aromatic ring is 1. The van der Waals surface area contributed by atoms with E-state index in [1.807, 2.05) is 0 Å². The minimum absolute atomic E-state index is 0.0226. The van der Waals surface area contributed by atoms with Crippen molar-refractivity contribution in [2.75, 3.05) is 32.5 Å². The van der Waals surface area contributed by atoms with Gasteiger partial charge >= 0.3 is 17.6 Å². The van der Waals surface area contributed by atoms with Crippen molar-refractivity contribution < 1.29 is 28.2 Å². The van der Waals surface area contributed by atoms with E-state index < -0.39 is 42.7 Å². The number of carbonyl (C=O) groups is 2. The molecule has 0 amide bonds. The summed E-state index contributed by atoms with van der Waals surface area (Å²) in [6.07, 6.45) is -2.01. The van der Waals surface area contributed by atoms with E-state index in [0.717, 1.165) is 4.57 Å². The highest BCUT2D eigenvalue weighted by Gasteiger charge is 2.38. The Balaban J connectivity index is 1.78. The number of hydrogen-bond acceptors (Lipinski definition) is 9. The summed E-state index contributed by atoms with van der Waals surface area (Å²) >= 11 is 0. The third kappa shape index (κ3) is 5.49. The van der Waals surface area contributed by atoms with Gasteiger partial charge in [0.1, 0.15) is 18.6 Å². The number of rotatable bonds is 8. The Bertz CT molecular complexity index is 697. The normalized spacial score (nSPS) is 22.2. The van der Waals surface area contributed by atoms with Gasteiger partial charge in [0.05, 0.1) is 12.5 Å². The second kappa shape index (κ2) is 9.25. The quantitative estimate of drug-likeness (QED) is 0.559. The van der Waals surface area contributed by atoms with Gasteiger partial charge in [-0.2, -0.15) is 4.98 Å². The molecule has 0 radical (unpaired) electrons. The number of esters is 2. The smallest absolute Gasteiger partial charge is 0.351 e. The van der Waals surface area contributed by atoms with Gasteiger partial charge in [0.2, 0.25) is 0 Å². The molecular formula is C15H21FN4O6.